The molecule has 1 fully saturated rings. The summed E-state index contributed by atoms with van der Waals surface area (Å²) in [6.45, 7) is 6.05. The van der Waals surface area contributed by atoms with Crippen LogP contribution in [0.4, 0.5) is 23.7 Å². The van der Waals surface area contributed by atoms with Gasteiger partial charge in [0.2, 0.25) is 5.91 Å². The number of aryl methyl sites for hydroxylation is 1. The number of rotatable bonds is 7. The molecule has 3 amide bonds. The molecule has 1 aliphatic rings. The Morgan fingerprint density at radius 2 is 1.85 bits per heavy atom. The normalized spacial score (nSPS) is 14.6. The first kappa shape index (κ1) is 32.0. The van der Waals surface area contributed by atoms with E-state index in [2.05, 4.69) is 31.2 Å². The zero-order valence-electron chi connectivity index (χ0n) is 24.7. The SMILES string of the molecule is Cc1cccc(N2C(=O)CSC2=NC(=O)N/C=C(\C#N)c2ccc(-c3ncn(-c4ccc(OC(F)(F)F)cc4)n3)cc2)c1C(C)C. The number of nitriles is 1. The van der Waals surface area contributed by atoms with Gasteiger partial charge in [-0.05, 0) is 59.9 Å². The molecule has 2 heterocycles. The molecule has 3 aromatic carbocycles. The maximum atomic E-state index is 12.8. The summed E-state index contributed by atoms with van der Waals surface area (Å²) in [5.41, 5.74) is 4.48. The maximum Gasteiger partial charge on any atom is 0.573 e. The Bertz CT molecular complexity index is 1880. The highest BCUT2D eigenvalue weighted by atomic mass is 32.2. The Morgan fingerprint density at radius 3 is 2.50 bits per heavy atom. The third-order valence-corrected chi connectivity index (χ3v) is 7.75. The molecule has 1 aromatic heterocycles. The van der Waals surface area contributed by atoms with Crippen LogP contribution >= 0.6 is 11.8 Å². The van der Waals surface area contributed by atoms with Gasteiger partial charge in [-0.2, -0.15) is 10.3 Å². The fraction of sp³-hybridized carbons (Fsp3) is 0.188. The summed E-state index contributed by atoms with van der Waals surface area (Å²) in [5.74, 6) is 0.112. The number of hydrogen-bond acceptors (Lipinski definition) is 7. The lowest BCUT2D eigenvalue weighted by Gasteiger charge is -2.23. The summed E-state index contributed by atoms with van der Waals surface area (Å²) < 4.78 is 42.6. The molecule has 4 aromatic rings. The minimum Gasteiger partial charge on any atom is -0.406 e. The van der Waals surface area contributed by atoms with Gasteiger partial charge in [-0.25, -0.2) is 14.5 Å². The number of halogens is 3. The van der Waals surface area contributed by atoms with E-state index in [0.29, 0.717) is 28.3 Å². The largest absolute Gasteiger partial charge is 0.573 e. The molecule has 1 saturated heterocycles. The second-order valence-electron chi connectivity index (χ2n) is 10.3. The highest BCUT2D eigenvalue weighted by molar-refractivity contribution is 8.15. The Labute approximate surface area is 266 Å². The zero-order chi connectivity index (χ0) is 33.0. The number of aromatic nitrogens is 3. The number of amidine groups is 1. The third kappa shape index (κ3) is 7.27. The summed E-state index contributed by atoms with van der Waals surface area (Å²) in [6, 6.07) is 18.9. The number of urea groups is 1. The Balaban J connectivity index is 1.28. The van der Waals surface area contributed by atoms with Crippen molar-refractivity contribution < 1.29 is 27.5 Å². The van der Waals surface area contributed by atoms with Gasteiger partial charge in [-0.3, -0.25) is 9.69 Å². The zero-order valence-corrected chi connectivity index (χ0v) is 25.6. The number of thioether (sulfide) groups is 1. The summed E-state index contributed by atoms with van der Waals surface area (Å²) in [5, 5.41) is 16.9. The lowest BCUT2D eigenvalue weighted by atomic mass is 9.95. The number of amides is 3. The van der Waals surface area contributed by atoms with Gasteiger partial charge < -0.3 is 10.1 Å². The lowest BCUT2D eigenvalue weighted by Crippen LogP contribution is -2.32. The Hall–Kier alpha value is -5.42. The smallest absolute Gasteiger partial charge is 0.406 e. The van der Waals surface area contributed by atoms with Crippen LogP contribution in [-0.4, -0.2) is 44.0 Å². The van der Waals surface area contributed by atoms with Crippen LogP contribution in [-0.2, 0) is 4.79 Å². The van der Waals surface area contributed by atoms with E-state index in [1.165, 1.54) is 58.1 Å². The van der Waals surface area contributed by atoms with E-state index in [0.717, 1.165) is 11.1 Å². The number of nitrogens with zero attached hydrogens (tertiary/aromatic N) is 6. The lowest BCUT2D eigenvalue weighted by molar-refractivity contribution is -0.274. The molecule has 0 unspecified atom stereocenters. The fourth-order valence-electron chi connectivity index (χ4n) is 4.85. The van der Waals surface area contributed by atoms with Crippen molar-refractivity contribution in [3.05, 3.63) is 95.9 Å². The van der Waals surface area contributed by atoms with Crippen molar-refractivity contribution in [3.8, 4) is 28.9 Å². The van der Waals surface area contributed by atoms with Crippen molar-refractivity contribution in [2.45, 2.75) is 33.1 Å². The Kier molecular flexibility index (Phi) is 9.24. The molecule has 0 saturated carbocycles. The maximum absolute atomic E-state index is 12.8. The van der Waals surface area contributed by atoms with Crippen molar-refractivity contribution in [2.75, 3.05) is 10.7 Å². The molecule has 0 atom stereocenters. The second kappa shape index (κ2) is 13.3. The summed E-state index contributed by atoms with van der Waals surface area (Å²) in [4.78, 5) is 35.4. The van der Waals surface area contributed by atoms with Crippen LogP contribution in [0.5, 0.6) is 5.75 Å². The molecule has 234 valence electrons. The average molecular weight is 646 g/mol. The second-order valence-corrected chi connectivity index (χ2v) is 11.3. The van der Waals surface area contributed by atoms with Gasteiger partial charge in [0.15, 0.2) is 11.0 Å². The van der Waals surface area contributed by atoms with Crippen molar-refractivity contribution in [1.29, 1.82) is 5.26 Å². The molecule has 0 aliphatic carbocycles. The average Bonchev–Trinajstić information content (AvgIpc) is 3.64. The third-order valence-electron chi connectivity index (χ3n) is 6.82. The van der Waals surface area contributed by atoms with E-state index in [1.54, 1.807) is 24.3 Å². The van der Waals surface area contributed by atoms with Crippen LogP contribution in [0.2, 0.25) is 0 Å². The molecule has 10 nitrogen and oxygen atoms in total. The van der Waals surface area contributed by atoms with Crippen molar-refractivity contribution in [3.63, 3.8) is 0 Å². The number of carbonyl (C=O) groups is 2. The van der Waals surface area contributed by atoms with Crippen LogP contribution in [0.1, 0.15) is 36.5 Å². The molecule has 0 radical (unpaired) electrons. The molecule has 5 rings (SSSR count). The number of aliphatic imine (C=N–C) groups is 1. The molecule has 46 heavy (non-hydrogen) atoms. The summed E-state index contributed by atoms with van der Waals surface area (Å²) >= 11 is 1.17. The van der Waals surface area contributed by atoms with Crippen LogP contribution in [0.15, 0.2) is 84.2 Å². The first-order valence-corrected chi connectivity index (χ1v) is 14.9. The highest BCUT2D eigenvalue weighted by Gasteiger charge is 2.33. The molecular formula is C32H26F3N7O3S. The molecule has 1 N–H and O–H groups in total. The van der Waals surface area contributed by atoms with Gasteiger partial charge in [0.05, 0.1) is 22.7 Å². The molecule has 1 aliphatic heterocycles. The van der Waals surface area contributed by atoms with Crippen molar-refractivity contribution in [1.82, 2.24) is 20.1 Å². The quantitative estimate of drug-likeness (QED) is 0.215. The first-order chi connectivity index (χ1) is 21.9. The van der Waals surface area contributed by atoms with Gasteiger partial charge in [0.1, 0.15) is 18.1 Å². The number of anilines is 1. The number of allylic oxidation sites excluding steroid dienone is 1. The molecule has 14 heteroatoms. The molecule has 0 spiro atoms. The predicted octanol–water partition coefficient (Wildman–Crippen LogP) is 6.97. The number of nitrogens with one attached hydrogen (secondary N) is 1. The minimum absolute atomic E-state index is 0.145. The van der Waals surface area contributed by atoms with Crippen molar-refractivity contribution in [2.24, 2.45) is 4.99 Å². The molecule has 0 bridgehead atoms. The van der Waals surface area contributed by atoms with Gasteiger partial charge >= 0.3 is 12.4 Å². The van der Waals surface area contributed by atoms with E-state index >= 15 is 0 Å². The van der Waals surface area contributed by atoms with Crippen molar-refractivity contribution >= 4 is 40.1 Å². The van der Waals surface area contributed by atoms with Crippen LogP contribution in [0.3, 0.4) is 0 Å². The topological polar surface area (TPSA) is 126 Å². The summed E-state index contributed by atoms with van der Waals surface area (Å²) in [6.07, 6.45) is -2.12. The van der Waals surface area contributed by atoms with E-state index in [4.69, 9.17) is 0 Å². The van der Waals surface area contributed by atoms with Crippen LogP contribution in [0.25, 0.3) is 22.6 Å². The highest BCUT2D eigenvalue weighted by Crippen LogP contribution is 2.35. The number of alkyl halides is 3. The monoisotopic (exact) mass is 645 g/mol. The van der Waals surface area contributed by atoms with Gasteiger partial charge in [0, 0.05) is 11.8 Å². The van der Waals surface area contributed by atoms with Gasteiger partial charge in [-0.15, -0.1) is 18.3 Å². The first-order valence-electron chi connectivity index (χ1n) is 13.9. The fourth-order valence-corrected chi connectivity index (χ4v) is 5.70. The van der Waals surface area contributed by atoms with E-state index in [9.17, 15) is 28.0 Å². The number of carbonyl (C=O) groups excluding carboxylic acids is 2. The van der Waals surface area contributed by atoms with Gasteiger partial charge in [0.25, 0.3) is 0 Å². The van der Waals surface area contributed by atoms with Crippen LogP contribution in [0, 0.1) is 18.3 Å². The standard InChI is InChI=1S/C32H26F3N7O3S/c1-19(2)28-20(3)5-4-6-26(28)42-27(43)17-46-31(42)39-30(44)37-16-23(15-36)21-7-9-22(10-8-21)29-38-18-41(40-29)24-11-13-25(14-12-24)45-32(33,34)35/h4-14,16,18-19H,17H2,1-3H3,(H,37,44)/b23-16+,39-31?. The Morgan fingerprint density at radius 1 is 1.13 bits per heavy atom. The van der Waals surface area contributed by atoms with E-state index in [-0.39, 0.29) is 34.1 Å². The predicted molar refractivity (Wildman–Crippen MR) is 168 cm³/mol. The van der Waals surface area contributed by atoms with E-state index < -0.39 is 12.4 Å². The summed E-state index contributed by atoms with van der Waals surface area (Å²) in [7, 11) is 0. The number of hydrogen-bond donors (Lipinski definition) is 1. The molecular weight excluding hydrogens is 619 g/mol. The van der Waals surface area contributed by atoms with Crippen LogP contribution < -0.4 is 15.0 Å². The minimum atomic E-state index is -4.79. The van der Waals surface area contributed by atoms with Gasteiger partial charge in [-0.1, -0.05) is 62.0 Å². The number of benzene rings is 3. The van der Waals surface area contributed by atoms with E-state index in [1.807, 2.05) is 39.0 Å². The number of ether oxygens (including phenoxy) is 1.